The van der Waals surface area contributed by atoms with E-state index in [9.17, 15) is 9.59 Å². The van der Waals surface area contributed by atoms with E-state index >= 15 is 0 Å². The summed E-state index contributed by atoms with van der Waals surface area (Å²) in [5, 5.41) is 8.08. The smallest absolute Gasteiger partial charge is 0.339 e. The maximum atomic E-state index is 13.0. The summed E-state index contributed by atoms with van der Waals surface area (Å²) in [6.45, 7) is 7.17. The van der Waals surface area contributed by atoms with Crippen LogP contribution in [0, 0.1) is 20.8 Å². The lowest BCUT2D eigenvalue weighted by Crippen LogP contribution is -2.22. The zero-order chi connectivity index (χ0) is 23.5. The first kappa shape index (κ1) is 22.2. The highest BCUT2D eigenvalue weighted by Gasteiger charge is 2.21. The topological polar surface area (TPSA) is 86.1 Å². The summed E-state index contributed by atoms with van der Waals surface area (Å²) in [4.78, 5) is 30.3. The predicted octanol–water partition coefficient (Wildman–Crippen LogP) is 4.70. The Kier molecular flexibility index (Phi) is 6.22. The number of fused-ring (bicyclic) bond motifs is 1. The van der Waals surface area contributed by atoms with E-state index in [2.05, 4.69) is 15.4 Å². The number of nitrogens with zero attached hydrogens (tertiary/aromatic N) is 3. The van der Waals surface area contributed by atoms with Gasteiger partial charge in [-0.1, -0.05) is 43.3 Å². The van der Waals surface area contributed by atoms with Crippen LogP contribution in [0.4, 0.5) is 5.69 Å². The molecule has 0 spiro atoms. The Balaban J connectivity index is 1.51. The fraction of sp³-hybridized carbons (Fsp3) is 0.231. The third-order valence-electron chi connectivity index (χ3n) is 5.67. The number of rotatable bonds is 6. The van der Waals surface area contributed by atoms with Gasteiger partial charge < -0.3 is 10.1 Å². The van der Waals surface area contributed by atoms with Crippen LogP contribution in [0.15, 0.2) is 54.6 Å². The van der Waals surface area contributed by atoms with Gasteiger partial charge >= 0.3 is 5.97 Å². The number of carbonyl (C=O) groups is 2. The van der Waals surface area contributed by atoms with Gasteiger partial charge in [0.2, 0.25) is 0 Å². The SMILES string of the molecule is CCc1nc2ccccc2c(C(=O)OCC(=O)Nc2c(C)nn(-c3ccccc3)c2C)c1C. The molecule has 1 N–H and O–H groups in total. The van der Waals surface area contributed by atoms with Crippen LogP contribution in [-0.4, -0.2) is 33.2 Å². The number of amides is 1. The molecule has 2 aromatic heterocycles. The normalized spacial score (nSPS) is 10.9. The minimum atomic E-state index is -0.538. The van der Waals surface area contributed by atoms with Crippen LogP contribution in [0.2, 0.25) is 0 Å². The van der Waals surface area contributed by atoms with E-state index in [1.807, 2.05) is 82.3 Å². The van der Waals surface area contributed by atoms with Crippen LogP contribution in [-0.2, 0) is 16.0 Å². The van der Waals surface area contributed by atoms with Crippen molar-refractivity contribution in [1.82, 2.24) is 14.8 Å². The molecule has 168 valence electrons. The van der Waals surface area contributed by atoms with Crippen LogP contribution in [0.25, 0.3) is 16.6 Å². The molecule has 7 heteroatoms. The van der Waals surface area contributed by atoms with E-state index in [-0.39, 0.29) is 0 Å². The van der Waals surface area contributed by atoms with Gasteiger partial charge in [0.25, 0.3) is 5.91 Å². The Morgan fingerprint density at radius 2 is 1.70 bits per heavy atom. The Labute approximate surface area is 192 Å². The molecule has 0 atom stereocenters. The third kappa shape index (κ3) is 4.35. The molecule has 0 fully saturated rings. The maximum Gasteiger partial charge on any atom is 0.339 e. The van der Waals surface area contributed by atoms with Crippen molar-refractivity contribution in [2.24, 2.45) is 0 Å². The summed E-state index contributed by atoms with van der Waals surface area (Å²) < 4.78 is 7.19. The molecule has 33 heavy (non-hydrogen) atoms. The van der Waals surface area contributed by atoms with Crippen molar-refractivity contribution in [3.8, 4) is 5.69 Å². The van der Waals surface area contributed by atoms with Gasteiger partial charge in [-0.05, 0) is 51.0 Å². The molecule has 1 amide bonds. The molecular weight excluding hydrogens is 416 g/mol. The fourth-order valence-electron chi connectivity index (χ4n) is 3.99. The van der Waals surface area contributed by atoms with Crippen molar-refractivity contribution in [2.45, 2.75) is 34.1 Å². The van der Waals surface area contributed by atoms with Crippen LogP contribution in [0.1, 0.15) is 39.9 Å². The van der Waals surface area contributed by atoms with Gasteiger partial charge in [-0.15, -0.1) is 0 Å². The average Bonchev–Trinajstić information content (AvgIpc) is 3.11. The highest BCUT2D eigenvalue weighted by atomic mass is 16.5. The first-order chi connectivity index (χ1) is 15.9. The van der Waals surface area contributed by atoms with Crippen molar-refractivity contribution in [2.75, 3.05) is 11.9 Å². The number of hydrogen-bond donors (Lipinski definition) is 1. The van der Waals surface area contributed by atoms with Gasteiger partial charge in [0.05, 0.1) is 33.8 Å². The lowest BCUT2D eigenvalue weighted by molar-refractivity contribution is -0.119. The lowest BCUT2D eigenvalue weighted by atomic mass is 10.0. The van der Waals surface area contributed by atoms with Crippen LogP contribution >= 0.6 is 0 Å². The second kappa shape index (κ2) is 9.24. The van der Waals surface area contributed by atoms with Crippen molar-refractivity contribution in [1.29, 1.82) is 0 Å². The number of anilines is 1. The zero-order valence-corrected chi connectivity index (χ0v) is 19.2. The second-order valence-electron chi connectivity index (χ2n) is 7.85. The minimum absolute atomic E-state index is 0.397. The molecular formula is C26H26N4O3. The number of aromatic nitrogens is 3. The van der Waals surface area contributed by atoms with E-state index in [4.69, 9.17) is 4.74 Å². The molecule has 0 bridgehead atoms. The van der Waals surface area contributed by atoms with Crippen molar-refractivity contribution < 1.29 is 14.3 Å². The second-order valence-corrected chi connectivity index (χ2v) is 7.85. The van der Waals surface area contributed by atoms with Crippen molar-refractivity contribution >= 4 is 28.5 Å². The first-order valence-corrected chi connectivity index (χ1v) is 10.9. The number of benzene rings is 2. The summed E-state index contributed by atoms with van der Waals surface area (Å²) in [5.74, 6) is -0.960. The third-order valence-corrected chi connectivity index (χ3v) is 5.67. The van der Waals surface area contributed by atoms with Gasteiger partial charge in [0.15, 0.2) is 6.61 Å². The number of pyridine rings is 1. The summed E-state index contributed by atoms with van der Waals surface area (Å²) in [7, 11) is 0. The Morgan fingerprint density at radius 1 is 1.00 bits per heavy atom. The number of ether oxygens (including phenoxy) is 1. The zero-order valence-electron chi connectivity index (χ0n) is 19.2. The van der Waals surface area contributed by atoms with E-state index in [0.29, 0.717) is 28.8 Å². The molecule has 7 nitrogen and oxygen atoms in total. The van der Waals surface area contributed by atoms with E-state index in [1.54, 1.807) is 4.68 Å². The Morgan fingerprint density at radius 3 is 2.42 bits per heavy atom. The van der Waals surface area contributed by atoms with Crippen molar-refractivity contribution in [3.63, 3.8) is 0 Å². The molecule has 2 aromatic carbocycles. The van der Waals surface area contributed by atoms with Crippen molar-refractivity contribution in [3.05, 3.63) is 82.8 Å². The van der Waals surface area contributed by atoms with E-state index < -0.39 is 18.5 Å². The summed E-state index contributed by atoms with van der Waals surface area (Å²) in [6.07, 6.45) is 0.696. The van der Waals surface area contributed by atoms with Crippen LogP contribution in [0.5, 0.6) is 0 Å². The summed E-state index contributed by atoms with van der Waals surface area (Å²) in [6, 6.07) is 17.1. The monoisotopic (exact) mass is 442 g/mol. The highest BCUT2D eigenvalue weighted by Crippen LogP contribution is 2.25. The fourth-order valence-corrected chi connectivity index (χ4v) is 3.99. The van der Waals surface area contributed by atoms with Gasteiger partial charge in [-0.2, -0.15) is 5.10 Å². The predicted molar refractivity (Wildman–Crippen MR) is 128 cm³/mol. The number of carbonyl (C=O) groups excluding carboxylic acids is 2. The van der Waals surface area contributed by atoms with Gasteiger partial charge in [0, 0.05) is 11.1 Å². The van der Waals surface area contributed by atoms with Crippen LogP contribution < -0.4 is 5.32 Å². The molecule has 0 aliphatic heterocycles. The highest BCUT2D eigenvalue weighted by molar-refractivity contribution is 6.06. The Bertz CT molecular complexity index is 1340. The molecule has 4 rings (SSSR count). The number of esters is 1. The average molecular weight is 443 g/mol. The molecule has 0 aliphatic carbocycles. The van der Waals surface area contributed by atoms with E-state index in [1.165, 1.54) is 0 Å². The standard InChI is InChI=1S/C26H26N4O3/c1-5-21-16(2)24(20-13-9-10-14-22(20)27-21)26(32)33-15-23(31)28-25-17(3)29-30(18(25)4)19-11-7-6-8-12-19/h6-14H,5,15H2,1-4H3,(H,28,31). The number of nitrogens with one attached hydrogen (secondary N) is 1. The number of hydrogen-bond acceptors (Lipinski definition) is 5. The number of para-hydroxylation sites is 2. The molecule has 4 aromatic rings. The minimum Gasteiger partial charge on any atom is -0.452 e. The van der Waals surface area contributed by atoms with E-state index in [0.717, 1.165) is 28.2 Å². The summed E-state index contributed by atoms with van der Waals surface area (Å²) in [5.41, 5.74) is 5.78. The maximum absolute atomic E-state index is 13.0. The molecule has 2 heterocycles. The largest absolute Gasteiger partial charge is 0.452 e. The Hall–Kier alpha value is -4.00. The molecule has 0 aliphatic rings. The quantitative estimate of drug-likeness (QED) is 0.437. The van der Waals surface area contributed by atoms with Gasteiger partial charge in [-0.25, -0.2) is 9.48 Å². The first-order valence-electron chi connectivity index (χ1n) is 10.9. The summed E-state index contributed by atoms with van der Waals surface area (Å²) >= 11 is 0. The molecule has 0 radical (unpaired) electrons. The lowest BCUT2D eigenvalue weighted by Gasteiger charge is -2.13. The molecule has 0 unspecified atom stereocenters. The van der Waals surface area contributed by atoms with Crippen LogP contribution in [0.3, 0.4) is 0 Å². The number of aryl methyl sites for hydroxylation is 2. The molecule has 0 saturated carbocycles. The van der Waals surface area contributed by atoms with Gasteiger partial charge in [-0.3, -0.25) is 9.78 Å². The van der Waals surface area contributed by atoms with Gasteiger partial charge in [0.1, 0.15) is 0 Å². The molecule has 0 saturated heterocycles.